The maximum atomic E-state index is 5.65. The van der Waals surface area contributed by atoms with Gasteiger partial charge in [0.1, 0.15) is 11.9 Å². The Morgan fingerprint density at radius 1 is 1.42 bits per heavy atom. The predicted molar refractivity (Wildman–Crippen MR) is 55.1 cm³/mol. The molecule has 1 aromatic carbocycles. The van der Waals surface area contributed by atoms with Crippen LogP contribution in [0.1, 0.15) is 12.5 Å². The van der Waals surface area contributed by atoms with Crippen molar-refractivity contribution in [2.45, 2.75) is 20.0 Å². The molecule has 0 heterocycles. The maximum Gasteiger partial charge on any atom is 0.122 e. The Labute approximate surface area is 81.9 Å². The third kappa shape index (κ3) is 2.52. The lowest BCUT2D eigenvalue weighted by atomic mass is 10.2. The van der Waals surface area contributed by atoms with Crippen LogP contribution >= 0.6 is 15.9 Å². The van der Waals surface area contributed by atoms with Crippen LogP contribution in [0.2, 0.25) is 0 Å². The van der Waals surface area contributed by atoms with Crippen molar-refractivity contribution >= 4 is 15.9 Å². The van der Waals surface area contributed by atoms with Crippen LogP contribution in [-0.4, -0.2) is 11.4 Å². The Bertz CT molecular complexity index is 247. The largest absolute Gasteiger partial charge is 0.490 e. The number of rotatable bonds is 3. The van der Waals surface area contributed by atoms with Crippen LogP contribution in [0.4, 0.5) is 0 Å². The van der Waals surface area contributed by atoms with Crippen molar-refractivity contribution in [1.82, 2.24) is 0 Å². The summed E-state index contributed by atoms with van der Waals surface area (Å²) >= 11 is 3.37. The molecule has 0 N–H and O–H groups in total. The molecule has 0 spiro atoms. The fourth-order valence-corrected chi connectivity index (χ4v) is 1.07. The summed E-state index contributed by atoms with van der Waals surface area (Å²) < 4.78 is 5.65. The number of hydrogen-bond acceptors (Lipinski definition) is 1. The number of ether oxygens (including phenoxy) is 1. The number of aryl methyl sites for hydroxylation is 1. The van der Waals surface area contributed by atoms with Gasteiger partial charge >= 0.3 is 0 Å². The molecule has 0 aliphatic heterocycles. The molecule has 12 heavy (non-hydrogen) atoms. The lowest BCUT2D eigenvalue weighted by Crippen LogP contribution is -2.13. The first-order chi connectivity index (χ1) is 5.74. The summed E-state index contributed by atoms with van der Waals surface area (Å²) in [5, 5.41) is 0.862. The Balaban J connectivity index is 2.69. The van der Waals surface area contributed by atoms with Gasteiger partial charge in [0.15, 0.2) is 0 Å². The van der Waals surface area contributed by atoms with Gasteiger partial charge in [-0.1, -0.05) is 34.1 Å². The number of alkyl halides is 1. The molecule has 0 saturated heterocycles. The molecule has 0 aliphatic carbocycles. The van der Waals surface area contributed by atoms with Crippen molar-refractivity contribution in [3.63, 3.8) is 0 Å². The Morgan fingerprint density at radius 2 is 2.08 bits per heavy atom. The number of benzene rings is 1. The van der Waals surface area contributed by atoms with Crippen LogP contribution in [0.3, 0.4) is 0 Å². The Morgan fingerprint density at radius 3 is 2.67 bits per heavy atom. The minimum Gasteiger partial charge on any atom is -0.490 e. The topological polar surface area (TPSA) is 9.23 Å². The van der Waals surface area contributed by atoms with Crippen molar-refractivity contribution in [2.75, 3.05) is 5.33 Å². The molecule has 2 heteroatoms. The second-order valence-electron chi connectivity index (χ2n) is 2.85. The molecule has 0 saturated carbocycles. The summed E-state index contributed by atoms with van der Waals surface area (Å²) in [4.78, 5) is 0. The van der Waals surface area contributed by atoms with Crippen LogP contribution in [0.15, 0.2) is 24.3 Å². The third-order valence-corrected chi connectivity index (χ3v) is 2.55. The standard InChI is InChI=1S/C10H13BrO/c1-8-5-3-4-6-10(8)12-9(2)7-11/h3-6,9H,7H2,1-2H3. The normalized spacial score (nSPS) is 12.6. The van der Waals surface area contributed by atoms with Gasteiger partial charge in [-0.15, -0.1) is 0 Å². The number of halogens is 1. The van der Waals surface area contributed by atoms with Crippen molar-refractivity contribution in [3.8, 4) is 5.75 Å². The zero-order valence-corrected chi connectivity index (χ0v) is 8.97. The highest BCUT2D eigenvalue weighted by Gasteiger charge is 2.02. The van der Waals surface area contributed by atoms with E-state index in [4.69, 9.17) is 4.74 Å². The van der Waals surface area contributed by atoms with E-state index in [1.54, 1.807) is 0 Å². The first-order valence-electron chi connectivity index (χ1n) is 4.02. The molecule has 1 unspecified atom stereocenters. The molecule has 0 amide bonds. The van der Waals surface area contributed by atoms with E-state index < -0.39 is 0 Å². The summed E-state index contributed by atoms with van der Waals surface area (Å²) in [7, 11) is 0. The molecule has 66 valence electrons. The van der Waals surface area contributed by atoms with Gasteiger partial charge in [-0.2, -0.15) is 0 Å². The van der Waals surface area contributed by atoms with Crippen molar-refractivity contribution in [2.24, 2.45) is 0 Å². The fraction of sp³-hybridized carbons (Fsp3) is 0.400. The second kappa shape index (κ2) is 4.51. The highest BCUT2D eigenvalue weighted by Crippen LogP contribution is 2.17. The summed E-state index contributed by atoms with van der Waals surface area (Å²) in [6.45, 7) is 4.09. The van der Waals surface area contributed by atoms with Crippen LogP contribution in [0.5, 0.6) is 5.75 Å². The lowest BCUT2D eigenvalue weighted by molar-refractivity contribution is 0.246. The van der Waals surface area contributed by atoms with E-state index in [9.17, 15) is 0 Å². The van der Waals surface area contributed by atoms with Gasteiger partial charge in [-0.3, -0.25) is 0 Å². The van der Waals surface area contributed by atoms with E-state index >= 15 is 0 Å². The highest BCUT2D eigenvalue weighted by molar-refractivity contribution is 9.09. The minimum atomic E-state index is 0.228. The SMILES string of the molecule is Cc1ccccc1OC(C)CBr. The van der Waals surface area contributed by atoms with Crippen molar-refractivity contribution in [3.05, 3.63) is 29.8 Å². The zero-order valence-electron chi connectivity index (χ0n) is 7.38. The van der Waals surface area contributed by atoms with Gasteiger partial charge < -0.3 is 4.74 Å². The van der Waals surface area contributed by atoms with Gasteiger partial charge in [0.2, 0.25) is 0 Å². The lowest BCUT2D eigenvalue weighted by Gasteiger charge is -2.13. The van der Waals surface area contributed by atoms with E-state index in [-0.39, 0.29) is 6.10 Å². The average Bonchev–Trinajstić information content (AvgIpc) is 2.09. The summed E-state index contributed by atoms with van der Waals surface area (Å²) in [6, 6.07) is 8.05. The van der Waals surface area contributed by atoms with Gasteiger partial charge in [0.25, 0.3) is 0 Å². The summed E-state index contributed by atoms with van der Waals surface area (Å²) in [6.07, 6.45) is 0.228. The maximum absolute atomic E-state index is 5.65. The fourth-order valence-electron chi connectivity index (χ4n) is 0.937. The Kier molecular flexibility index (Phi) is 3.60. The minimum absolute atomic E-state index is 0.228. The van der Waals surface area contributed by atoms with E-state index in [2.05, 4.69) is 28.9 Å². The molecule has 0 radical (unpaired) electrons. The monoisotopic (exact) mass is 228 g/mol. The van der Waals surface area contributed by atoms with Gasteiger partial charge in [-0.25, -0.2) is 0 Å². The first kappa shape index (κ1) is 9.59. The van der Waals surface area contributed by atoms with Crippen LogP contribution in [0, 0.1) is 6.92 Å². The highest BCUT2D eigenvalue weighted by atomic mass is 79.9. The second-order valence-corrected chi connectivity index (χ2v) is 3.50. The van der Waals surface area contributed by atoms with E-state index in [0.717, 1.165) is 11.1 Å². The van der Waals surface area contributed by atoms with E-state index in [1.807, 2.05) is 25.1 Å². The van der Waals surface area contributed by atoms with E-state index in [0.29, 0.717) is 0 Å². The van der Waals surface area contributed by atoms with Crippen molar-refractivity contribution in [1.29, 1.82) is 0 Å². The van der Waals surface area contributed by atoms with Gasteiger partial charge in [0.05, 0.1) is 0 Å². The molecule has 1 aromatic rings. The van der Waals surface area contributed by atoms with Crippen LogP contribution in [-0.2, 0) is 0 Å². The van der Waals surface area contributed by atoms with E-state index in [1.165, 1.54) is 5.56 Å². The molecule has 1 rings (SSSR count). The first-order valence-corrected chi connectivity index (χ1v) is 5.14. The molecular weight excluding hydrogens is 216 g/mol. The Hall–Kier alpha value is -0.500. The number of para-hydroxylation sites is 1. The van der Waals surface area contributed by atoms with Crippen LogP contribution in [0.25, 0.3) is 0 Å². The predicted octanol–water partition coefficient (Wildman–Crippen LogP) is 3.16. The van der Waals surface area contributed by atoms with Crippen LogP contribution < -0.4 is 4.74 Å². The summed E-state index contributed by atoms with van der Waals surface area (Å²) in [5.74, 6) is 0.976. The summed E-state index contributed by atoms with van der Waals surface area (Å²) in [5.41, 5.74) is 1.19. The van der Waals surface area contributed by atoms with Gasteiger partial charge in [0, 0.05) is 5.33 Å². The zero-order chi connectivity index (χ0) is 8.97. The molecule has 1 atom stereocenters. The average molecular weight is 229 g/mol. The molecule has 1 nitrogen and oxygen atoms in total. The quantitative estimate of drug-likeness (QED) is 0.723. The molecular formula is C10H13BrO. The number of hydrogen-bond donors (Lipinski definition) is 0. The van der Waals surface area contributed by atoms with Gasteiger partial charge in [-0.05, 0) is 25.5 Å². The van der Waals surface area contributed by atoms with Crippen molar-refractivity contribution < 1.29 is 4.74 Å². The third-order valence-electron chi connectivity index (χ3n) is 1.64. The smallest absolute Gasteiger partial charge is 0.122 e. The molecule has 0 aliphatic rings. The molecule has 0 bridgehead atoms. The molecule has 0 aromatic heterocycles. The molecule has 0 fully saturated rings.